The van der Waals surface area contributed by atoms with E-state index < -0.39 is 0 Å². The smallest absolute Gasteiger partial charge is 0.0544 e. The molecule has 238 valence electrons. The molecule has 0 unspecified atom stereocenters. The summed E-state index contributed by atoms with van der Waals surface area (Å²) in [6.07, 6.45) is 0. The Bertz CT molecular complexity index is 3100. The Balaban J connectivity index is 1.00. The van der Waals surface area contributed by atoms with Crippen LogP contribution in [-0.2, 0) is 0 Å². The van der Waals surface area contributed by atoms with Gasteiger partial charge in [-0.05, 0) is 88.5 Å². The Morgan fingerprint density at radius 3 is 1.73 bits per heavy atom. The molecule has 3 aromatic heterocycles. The van der Waals surface area contributed by atoms with Crippen LogP contribution in [0, 0.1) is 0 Å². The van der Waals surface area contributed by atoms with Gasteiger partial charge < -0.3 is 9.55 Å². The van der Waals surface area contributed by atoms with Crippen LogP contribution < -0.4 is 0 Å². The number of benzene rings is 8. The van der Waals surface area contributed by atoms with Crippen molar-refractivity contribution in [2.24, 2.45) is 0 Å². The minimum Gasteiger partial charge on any atom is -0.354 e. The zero-order chi connectivity index (χ0) is 33.5. The highest BCUT2D eigenvalue weighted by molar-refractivity contribution is 7.25. The third-order valence-corrected chi connectivity index (χ3v) is 11.7. The zero-order valence-corrected chi connectivity index (χ0v) is 28.4. The summed E-state index contributed by atoms with van der Waals surface area (Å²) in [7, 11) is 0. The van der Waals surface area contributed by atoms with Gasteiger partial charge in [0.2, 0.25) is 0 Å². The van der Waals surface area contributed by atoms with Gasteiger partial charge in [0.05, 0.1) is 16.6 Å². The first-order valence-electron chi connectivity index (χ1n) is 17.4. The van der Waals surface area contributed by atoms with Crippen molar-refractivity contribution in [3.63, 3.8) is 0 Å². The molecular weight excluding hydrogens is 637 g/mol. The minimum absolute atomic E-state index is 1.14. The number of hydrogen-bond donors (Lipinski definition) is 1. The lowest BCUT2D eigenvalue weighted by atomic mass is 9.95. The zero-order valence-electron chi connectivity index (χ0n) is 27.6. The molecule has 0 aliphatic carbocycles. The fourth-order valence-corrected chi connectivity index (χ4v) is 9.23. The van der Waals surface area contributed by atoms with E-state index in [0.717, 1.165) is 11.0 Å². The van der Waals surface area contributed by atoms with Crippen LogP contribution in [0.2, 0.25) is 0 Å². The fourth-order valence-electron chi connectivity index (χ4n) is 8.14. The van der Waals surface area contributed by atoms with Gasteiger partial charge in [-0.15, -0.1) is 11.3 Å². The highest BCUT2D eigenvalue weighted by Crippen LogP contribution is 2.39. The predicted molar refractivity (Wildman–Crippen MR) is 219 cm³/mol. The molecule has 0 bridgehead atoms. The van der Waals surface area contributed by atoms with Crippen molar-refractivity contribution in [1.82, 2.24) is 9.55 Å². The van der Waals surface area contributed by atoms with Crippen molar-refractivity contribution in [3.05, 3.63) is 176 Å². The van der Waals surface area contributed by atoms with Crippen molar-refractivity contribution in [2.45, 2.75) is 0 Å². The quantitative estimate of drug-likeness (QED) is 0.193. The maximum absolute atomic E-state index is 3.80. The Labute approximate surface area is 298 Å². The maximum Gasteiger partial charge on any atom is 0.0544 e. The van der Waals surface area contributed by atoms with Gasteiger partial charge in [0.15, 0.2) is 0 Å². The number of hydrogen-bond acceptors (Lipinski definition) is 1. The molecule has 51 heavy (non-hydrogen) atoms. The monoisotopic (exact) mass is 666 g/mol. The standard InChI is InChI=1S/C48H30N2S/c1-4-19-44-37(14-1)38-15-2-5-20-45(38)50(44)35-23-24-43-41(29-35)40-18-9-17-36(48(40)49-43)34-13-8-12-32(27-34)30-10-7-11-31(26-30)33-22-25-47-42(28-33)39-16-3-6-21-46(39)51-47/h1-29,49H. The van der Waals surface area contributed by atoms with Gasteiger partial charge in [0, 0.05) is 58.5 Å². The minimum atomic E-state index is 1.14. The Morgan fingerprint density at radius 2 is 0.961 bits per heavy atom. The van der Waals surface area contributed by atoms with Crippen LogP contribution in [0.15, 0.2) is 176 Å². The van der Waals surface area contributed by atoms with Crippen molar-refractivity contribution in [2.75, 3.05) is 0 Å². The van der Waals surface area contributed by atoms with Crippen molar-refractivity contribution in [1.29, 1.82) is 0 Å². The molecule has 8 aromatic carbocycles. The van der Waals surface area contributed by atoms with Gasteiger partial charge in [0.25, 0.3) is 0 Å². The summed E-state index contributed by atoms with van der Waals surface area (Å²) in [5, 5.41) is 7.67. The second kappa shape index (κ2) is 11.0. The molecule has 3 heteroatoms. The first-order valence-corrected chi connectivity index (χ1v) is 18.2. The van der Waals surface area contributed by atoms with E-state index in [1.165, 1.54) is 91.8 Å². The molecule has 0 fully saturated rings. The molecule has 0 radical (unpaired) electrons. The number of aromatic nitrogens is 2. The summed E-state index contributed by atoms with van der Waals surface area (Å²) in [6.45, 7) is 0. The van der Waals surface area contributed by atoms with Crippen molar-refractivity contribution >= 4 is 75.1 Å². The molecule has 0 saturated carbocycles. The molecule has 0 amide bonds. The summed E-state index contributed by atoms with van der Waals surface area (Å²) in [6, 6.07) is 64.4. The molecule has 0 saturated heterocycles. The second-order valence-electron chi connectivity index (χ2n) is 13.4. The van der Waals surface area contributed by atoms with Crippen LogP contribution >= 0.6 is 11.3 Å². The molecule has 11 aromatic rings. The van der Waals surface area contributed by atoms with Gasteiger partial charge in [0.1, 0.15) is 0 Å². The van der Waals surface area contributed by atoms with Crippen LogP contribution in [0.25, 0.3) is 103 Å². The molecule has 0 aliphatic heterocycles. The van der Waals surface area contributed by atoms with Gasteiger partial charge in [-0.1, -0.05) is 115 Å². The van der Waals surface area contributed by atoms with Gasteiger partial charge in [-0.3, -0.25) is 0 Å². The topological polar surface area (TPSA) is 20.7 Å². The van der Waals surface area contributed by atoms with Crippen molar-refractivity contribution < 1.29 is 0 Å². The molecule has 2 nitrogen and oxygen atoms in total. The van der Waals surface area contributed by atoms with Crippen molar-refractivity contribution in [3.8, 4) is 39.1 Å². The van der Waals surface area contributed by atoms with Gasteiger partial charge in [-0.25, -0.2) is 0 Å². The molecular formula is C48H30N2S. The van der Waals surface area contributed by atoms with Gasteiger partial charge >= 0.3 is 0 Å². The lowest BCUT2D eigenvalue weighted by Crippen LogP contribution is -1.93. The summed E-state index contributed by atoms with van der Waals surface area (Å²) < 4.78 is 5.06. The predicted octanol–water partition coefficient (Wildman–Crippen LogP) is 13.8. The number of nitrogens with one attached hydrogen (secondary N) is 1. The van der Waals surface area contributed by atoms with E-state index >= 15 is 0 Å². The number of fused-ring (bicyclic) bond motifs is 9. The molecule has 0 aliphatic rings. The largest absolute Gasteiger partial charge is 0.354 e. The lowest BCUT2D eigenvalue weighted by Gasteiger charge is -2.10. The SMILES string of the molecule is c1cc(-c2cccc(-c3cccc4c3[nH]c3ccc(-n5c6ccccc6c6ccccc65)cc34)c2)cc(-c2ccc3sc4ccccc4c3c2)c1. The van der Waals surface area contributed by atoms with Crippen LogP contribution in [-0.4, -0.2) is 9.55 Å². The number of thiophene rings is 1. The Kier molecular flexibility index (Phi) is 6.16. The van der Waals surface area contributed by atoms with E-state index in [9.17, 15) is 0 Å². The van der Waals surface area contributed by atoms with Crippen LogP contribution in [0.4, 0.5) is 0 Å². The number of nitrogens with zero attached hydrogens (tertiary/aromatic N) is 1. The van der Waals surface area contributed by atoms with E-state index in [1.54, 1.807) is 0 Å². The molecule has 11 rings (SSSR count). The van der Waals surface area contributed by atoms with E-state index in [1.807, 2.05) is 11.3 Å². The summed E-state index contributed by atoms with van der Waals surface area (Å²) in [4.78, 5) is 3.80. The summed E-state index contributed by atoms with van der Waals surface area (Å²) in [5.74, 6) is 0. The van der Waals surface area contributed by atoms with E-state index in [2.05, 4.69) is 185 Å². The average Bonchev–Trinajstić information content (AvgIpc) is 3.87. The summed E-state index contributed by atoms with van der Waals surface area (Å²) >= 11 is 1.86. The van der Waals surface area contributed by atoms with Crippen LogP contribution in [0.1, 0.15) is 0 Å². The third kappa shape index (κ3) is 4.42. The van der Waals surface area contributed by atoms with Crippen LogP contribution in [0.5, 0.6) is 0 Å². The van der Waals surface area contributed by atoms with E-state index in [4.69, 9.17) is 0 Å². The van der Waals surface area contributed by atoms with E-state index in [0.29, 0.717) is 0 Å². The first kappa shape index (κ1) is 28.4. The molecule has 0 spiro atoms. The molecule has 0 atom stereocenters. The second-order valence-corrected chi connectivity index (χ2v) is 14.5. The number of H-pyrrole nitrogens is 1. The number of aromatic amines is 1. The first-order chi connectivity index (χ1) is 25.3. The van der Waals surface area contributed by atoms with Gasteiger partial charge in [-0.2, -0.15) is 0 Å². The van der Waals surface area contributed by atoms with E-state index in [-0.39, 0.29) is 0 Å². The summed E-state index contributed by atoms with van der Waals surface area (Å²) in [5.41, 5.74) is 13.2. The fraction of sp³-hybridized carbons (Fsp3) is 0. The highest BCUT2D eigenvalue weighted by Gasteiger charge is 2.15. The average molecular weight is 667 g/mol. The Morgan fingerprint density at radius 1 is 0.373 bits per heavy atom. The molecule has 1 N–H and O–H groups in total. The highest BCUT2D eigenvalue weighted by atomic mass is 32.1. The number of rotatable bonds is 4. The maximum atomic E-state index is 3.80. The Hall–Kier alpha value is -6.42. The number of para-hydroxylation sites is 3. The van der Waals surface area contributed by atoms with Crippen LogP contribution in [0.3, 0.4) is 0 Å². The third-order valence-electron chi connectivity index (χ3n) is 10.5. The lowest BCUT2D eigenvalue weighted by molar-refractivity contribution is 1.19. The normalized spacial score (nSPS) is 11.9. The molecule has 3 heterocycles.